The van der Waals surface area contributed by atoms with Gasteiger partial charge in [-0.2, -0.15) is 5.26 Å². The Hall–Kier alpha value is -2.05. The molecule has 1 aliphatic rings. The molecule has 0 saturated carbocycles. The lowest BCUT2D eigenvalue weighted by Gasteiger charge is -2.15. The lowest BCUT2D eigenvalue weighted by molar-refractivity contribution is 0.0966. The molecule has 0 spiro atoms. The number of nitrogens with zero attached hydrogens (tertiary/aromatic N) is 1. The van der Waals surface area contributed by atoms with Gasteiger partial charge in [-0.3, -0.25) is 4.79 Å². The molecule has 0 aliphatic heterocycles. The van der Waals surface area contributed by atoms with Gasteiger partial charge < -0.3 is 5.32 Å². The van der Waals surface area contributed by atoms with Gasteiger partial charge in [0.25, 0.3) is 5.91 Å². The fourth-order valence-electron chi connectivity index (χ4n) is 1.68. The van der Waals surface area contributed by atoms with Gasteiger partial charge in [-0.15, -0.1) is 11.6 Å². The predicted molar refractivity (Wildman–Crippen MR) is 69.9 cm³/mol. The van der Waals surface area contributed by atoms with Gasteiger partial charge in [0, 0.05) is 5.56 Å². The number of carbonyl (C=O) groups is 1. The van der Waals surface area contributed by atoms with Gasteiger partial charge >= 0.3 is 0 Å². The Bertz CT molecular complexity index is 555. The summed E-state index contributed by atoms with van der Waals surface area (Å²) in [4.78, 5) is 11.9. The second-order valence-electron chi connectivity index (χ2n) is 3.88. The molecule has 1 amide bonds. The average Bonchev–Trinajstić information content (AvgIpc) is 2.40. The van der Waals surface area contributed by atoms with E-state index >= 15 is 0 Å². The van der Waals surface area contributed by atoms with E-state index in [1.165, 1.54) is 0 Å². The maximum absolute atomic E-state index is 11.9. The summed E-state index contributed by atoms with van der Waals surface area (Å²) < 4.78 is 0. The van der Waals surface area contributed by atoms with E-state index in [1.807, 2.05) is 6.07 Å². The van der Waals surface area contributed by atoms with Crippen molar-refractivity contribution in [1.82, 2.24) is 5.32 Å². The summed E-state index contributed by atoms with van der Waals surface area (Å²) in [5.74, 6) is -0.242. The highest BCUT2D eigenvalue weighted by atomic mass is 35.5. The molecule has 1 aromatic rings. The number of halogens is 1. The molecular weight excluding hydrogens is 248 g/mol. The topological polar surface area (TPSA) is 52.9 Å². The molecule has 0 saturated heterocycles. The van der Waals surface area contributed by atoms with E-state index in [-0.39, 0.29) is 11.3 Å². The Morgan fingerprint density at radius 2 is 2.11 bits per heavy atom. The highest BCUT2D eigenvalue weighted by molar-refractivity contribution is 6.22. The fraction of sp³-hybridized carbons (Fsp3) is 0.143. The van der Waals surface area contributed by atoms with Gasteiger partial charge in [-0.05, 0) is 24.6 Å². The number of alkyl halides is 1. The second kappa shape index (κ2) is 5.52. The molecule has 90 valence electrons. The maximum atomic E-state index is 11.9. The Kier molecular flexibility index (Phi) is 3.81. The summed E-state index contributed by atoms with van der Waals surface area (Å²) in [5, 5.41) is 11.5. The van der Waals surface area contributed by atoms with Crippen LogP contribution in [0.3, 0.4) is 0 Å². The quantitative estimate of drug-likeness (QED) is 0.830. The van der Waals surface area contributed by atoms with Crippen molar-refractivity contribution in [2.75, 3.05) is 0 Å². The maximum Gasteiger partial charge on any atom is 0.255 e. The molecule has 3 nitrogen and oxygen atoms in total. The molecule has 4 heteroatoms. The zero-order chi connectivity index (χ0) is 13.0. The van der Waals surface area contributed by atoms with E-state index in [0.29, 0.717) is 23.3 Å². The molecule has 0 aromatic heterocycles. The summed E-state index contributed by atoms with van der Waals surface area (Å²) in [6.45, 7) is 0. The van der Waals surface area contributed by atoms with Crippen LogP contribution < -0.4 is 5.32 Å². The van der Waals surface area contributed by atoms with Crippen LogP contribution in [0.25, 0.3) is 0 Å². The van der Waals surface area contributed by atoms with Gasteiger partial charge in [0.1, 0.15) is 6.07 Å². The van der Waals surface area contributed by atoms with E-state index < -0.39 is 0 Å². The summed E-state index contributed by atoms with van der Waals surface area (Å²) in [6, 6.07) is 10.9. The highest BCUT2D eigenvalue weighted by Crippen LogP contribution is 2.20. The number of rotatable bonds is 2. The van der Waals surface area contributed by atoms with Crippen molar-refractivity contribution in [3.05, 3.63) is 59.3 Å². The first-order chi connectivity index (χ1) is 8.70. The van der Waals surface area contributed by atoms with Crippen molar-refractivity contribution < 1.29 is 4.79 Å². The van der Waals surface area contributed by atoms with Gasteiger partial charge in [-0.1, -0.05) is 24.3 Å². The van der Waals surface area contributed by atoms with Crippen LogP contribution in [0, 0.1) is 11.3 Å². The third-order valence-electron chi connectivity index (χ3n) is 2.59. The molecule has 0 fully saturated rings. The van der Waals surface area contributed by atoms with E-state index in [4.69, 9.17) is 16.9 Å². The van der Waals surface area contributed by atoms with Crippen LogP contribution in [-0.2, 0) is 0 Å². The van der Waals surface area contributed by atoms with Crippen LogP contribution in [0.1, 0.15) is 16.8 Å². The smallest absolute Gasteiger partial charge is 0.255 e. The molecule has 18 heavy (non-hydrogen) atoms. The first kappa shape index (κ1) is 12.4. The van der Waals surface area contributed by atoms with Crippen molar-refractivity contribution in [2.45, 2.75) is 11.8 Å². The number of carbonyl (C=O) groups excluding carboxylic acids is 1. The van der Waals surface area contributed by atoms with Crippen LogP contribution in [0.15, 0.2) is 53.8 Å². The normalized spacial score (nSPS) is 18.3. The van der Waals surface area contributed by atoms with E-state index in [0.717, 1.165) is 0 Å². The summed E-state index contributed by atoms with van der Waals surface area (Å²) in [7, 11) is 0. The van der Waals surface area contributed by atoms with Crippen molar-refractivity contribution in [3.63, 3.8) is 0 Å². The number of hydrogen-bond acceptors (Lipinski definition) is 2. The number of hydrogen-bond donors (Lipinski definition) is 1. The first-order valence-corrected chi connectivity index (χ1v) is 5.97. The van der Waals surface area contributed by atoms with Gasteiger partial charge in [0.05, 0.1) is 16.6 Å². The largest absolute Gasteiger partial charge is 0.321 e. The predicted octanol–water partition coefficient (Wildman–Crippen LogP) is 2.76. The number of nitriles is 1. The van der Waals surface area contributed by atoms with Crippen LogP contribution in [0.2, 0.25) is 0 Å². The minimum absolute atomic E-state index is 0.187. The minimum Gasteiger partial charge on any atom is -0.321 e. The lowest BCUT2D eigenvalue weighted by atomic mass is 10.0. The van der Waals surface area contributed by atoms with Crippen molar-refractivity contribution >= 4 is 17.5 Å². The lowest BCUT2D eigenvalue weighted by Crippen LogP contribution is -2.25. The Morgan fingerprint density at radius 3 is 2.78 bits per heavy atom. The van der Waals surface area contributed by atoms with E-state index in [9.17, 15) is 4.79 Å². The zero-order valence-electron chi connectivity index (χ0n) is 9.56. The number of nitrogens with one attached hydrogen (secondary N) is 1. The van der Waals surface area contributed by atoms with E-state index in [2.05, 4.69) is 11.4 Å². The monoisotopic (exact) mass is 258 g/mol. The van der Waals surface area contributed by atoms with Crippen molar-refractivity contribution in [2.24, 2.45) is 0 Å². The SMILES string of the molecule is N#CC1=CCC(Cl)C=C1NC(=O)c1ccccc1. The molecule has 1 N–H and O–H groups in total. The van der Waals surface area contributed by atoms with Crippen LogP contribution >= 0.6 is 11.6 Å². The Morgan fingerprint density at radius 1 is 1.39 bits per heavy atom. The second-order valence-corrected chi connectivity index (χ2v) is 4.44. The Labute approximate surface area is 110 Å². The van der Waals surface area contributed by atoms with Crippen molar-refractivity contribution in [1.29, 1.82) is 5.26 Å². The summed E-state index contributed by atoms with van der Waals surface area (Å²) in [6.07, 6.45) is 4.04. The zero-order valence-corrected chi connectivity index (χ0v) is 10.3. The summed E-state index contributed by atoms with van der Waals surface area (Å²) in [5.41, 5.74) is 1.49. The number of benzene rings is 1. The number of amides is 1. The standard InChI is InChI=1S/C14H11ClN2O/c15-12-7-6-11(9-16)13(8-12)17-14(18)10-4-2-1-3-5-10/h1-6,8,12H,7H2,(H,17,18). The molecule has 0 radical (unpaired) electrons. The molecule has 2 rings (SSSR count). The van der Waals surface area contributed by atoms with Crippen LogP contribution in [-0.4, -0.2) is 11.3 Å². The molecular formula is C14H11ClN2O. The molecule has 1 aliphatic carbocycles. The fourth-order valence-corrected chi connectivity index (χ4v) is 1.89. The highest BCUT2D eigenvalue weighted by Gasteiger charge is 2.16. The van der Waals surface area contributed by atoms with E-state index in [1.54, 1.807) is 36.4 Å². The first-order valence-electron chi connectivity index (χ1n) is 5.53. The van der Waals surface area contributed by atoms with Gasteiger partial charge in [0.2, 0.25) is 0 Å². The average molecular weight is 259 g/mol. The van der Waals surface area contributed by atoms with Crippen molar-refractivity contribution in [3.8, 4) is 6.07 Å². The van der Waals surface area contributed by atoms with Gasteiger partial charge in [0.15, 0.2) is 0 Å². The molecule has 1 unspecified atom stereocenters. The molecule has 1 aromatic carbocycles. The molecule has 0 bridgehead atoms. The van der Waals surface area contributed by atoms with Gasteiger partial charge in [-0.25, -0.2) is 0 Å². The van der Waals surface area contributed by atoms with Crippen LogP contribution in [0.5, 0.6) is 0 Å². The third-order valence-corrected chi connectivity index (χ3v) is 2.89. The third kappa shape index (κ3) is 2.79. The molecule has 1 atom stereocenters. The Balaban J connectivity index is 2.17. The molecule has 0 heterocycles. The minimum atomic E-state index is -0.242. The number of allylic oxidation sites excluding steroid dienone is 3. The van der Waals surface area contributed by atoms with Crippen LogP contribution in [0.4, 0.5) is 0 Å². The summed E-state index contributed by atoms with van der Waals surface area (Å²) >= 11 is 5.98.